The summed E-state index contributed by atoms with van der Waals surface area (Å²) in [5.41, 5.74) is 0.303. The van der Waals surface area contributed by atoms with E-state index in [1.807, 2.05) is 0 Å². The van der Waals surface area contributed by atoms with E-state index in [1.165, 1.54) is 24.9 Å². The summed E-state index contributed by atoms with van der Waals surface area (Å²) < 4.78 is 45.7. The highest BCUT2D eigenvalue weighted by molar-refractivity contribution is 6.42. The number of amides is 2. The average Bonchev–Trinajstić information content (AvgIpc) is 3.38. The number of nitrogens with zero attached hydrogens (tertiary/aromatic N) is 2. The maximum atomic E-state index is 13.6. The molecular formula is C29H25Cl2F3N2O4. The van der Waals surface area contributed by atoms with Crippen molar-refractivity contribution in [2.24, 2.45) is 0 Å². The number of carbonyl (C=O) groups is 3. The van der Waals surface area contributed by atoms with Gasteiger partial charge in [-0.25, -0.2) is 0 Å². The minimum atomic E-state index is -4.72. The van der Waals surface area contributed by atoms with Crippen LogP contribution in [0.1, 0.15) is 55.0 Å². The Kier molecular flexibility index (Phi) is 8.46. The Balaban J connectivity index is 1.68. The summed E-state index contributed by atoms with van der Waals surface area (Å²) in [6, 6.07) is 13.8. The molecule has 2 atom stereocenters. The smallest absolute Gasteiger partial charge is 0.419 e. The molecule has 1 saturated heterocycles. The van der Waals surface area contributed by atoms with Crippen molar-refractivity contribution in [3.05, 3.63) is 98.5 Å². The zero-order valence-corrected chi connectivity index (χ0v) is 23.3. The van der Waals surface area contributed by atoms with E-state index in [1.54, 1.807) is 47.4 Å². The standard InChI is InChI=1S/C29H25Cl2F3N2O4/c1-16(37)17-4-6-18(7-5-17)28(39)36-14-21(19-8-10-23(30)24(31)13-19)25(15-36)35(2)27(38)20-9-11-26(40-3)22(12-20)29(32,33)34/h4-13,21,25H,14-15H2,1-3H3/t21-,25+/m0/s1. The largest absolute Gasteiger partial charge is 0.496 e. The summed E-state index contributed by atoms with van der Waals surface area (Å²) in [4.78, 5) is 41.4. The first-order valence-corrected chi connectivity index (χ1v) is 12.9. The lowest BCUT2D eigenvalue weighted by molar-refractivity contribution is -0.138. The molecule has 210 valence electrons. The molecule has 0 spiro atoms. The molecule has 1 fully saturated rings. The molecular weight excluding hydrogens is 568 g/mol. The number of ether oxygens (including phenoxy) is 1. The van der Waals surface area contributed by atoms with Gasteiger partial charge in [0.2, 0.25) is 0 Å². The first kappa shape index (κ1) is 29.4. The van der Waals surface area contributed by atoms with Crippen LogP contribution in [0.25, 0.3) is 0 Å². The third-order valence-electron chi connectivity index (χ3n) is 7.06. The molecule has 0 bridgehead atoms. The van der Waals surface area contributed by atoms with Crippen LogP contribution in [-0.2, 0) is 6.18 Å². The third kappa shape index (κ3) is 5.95. The number of likely N-dealkylation sites (tertiary alicyclic amines) is 1. The monoisotopic (exact) mass is 592 g/mol. The van der Waals surface area contributed by atoms with Gasteiger partial charge < -0.3 is 14.5 Å². The molecule has 4 rings (SSSR count). The lowest BCUT2D eigenvalue weighted by Crippen LogP contribution is -2.42. The molecule has 6 nitrogen and oxygen atoms in total. The molecule has 3 aromatic rings. The number of likely N-dealkylation sites (N-methyl/N-ethyl adjacent to an activating group) is 1. The van der Waals surface area contributed by atoms with Crippen LogP contribution in [0.15, 0.2) is 60.7 Å². The molecule has 3 aromatic carbocycles. The van der Waals surface area contributed by atoms with E-state index in [0.717, 1.165) is 19.2 Å². The fraction of sp³-hybridized carbons (Fsp3) is 0.276. The van der Waals surface area contributed by atoms with Crippen LogP contribution in [0, 0.1) is 0 Å². The van der Waals surface area contributed by atoms with E-state index in [9.17, 15) is 27.6 Å². The second kappa shape index (κ2) is 11.5. The molecule has 0 unspecified atom stereocenters. The number of hydrogen-bond donors (Lipinski definition) is 0. The number of alkyl halides is 3. The number of methoxy groups -OCH3 is 1. The lowest BCUT2D eigenvalue weighted by Gasteiger charge is -2.29. The Morgan fingerprint density at radius 1 is 0.900 bits per heavy atom. The second-order valence-corrected chi connectivity index (χ2v) is 10.3. The van der Waals surface area contributed by atoms with Gasteiger partial charge in [0.15, 0.2) is 5.78 Å². The van der Waals surface area contributed by atoms with Gasteiger partial charge in [-0.2, -0.15) is 13.2 Å². The maximum absolute atomic E-state index is 13.6. The predicted octanol–water partition coefficient (Wildman–Crippen LogP) is 6.60. The minimum absolute atomic E-state index is 0.114. The summed E-state index contributed by atoms with van der Waals surface area (Å²) in [6.07, 6.45) is -4.72. The maximum Gasteiger partial charge on any atom is 0.419 e. The van der Waals surface area contributed by atoms with Gasteiger partial charge in [0.25, 0.3) is 11.8 Å². The molecule has 1 aliphatic rings. The normalized spacial score (nSPS) is 17.1. The third-order valence-corrected chi connectivity index (χ3v) is 7.80. The minimum Gasteiger partial charge on any atom is -0.496 e. The van der Waals surface area contributed by atoms with Gasteiger partial charge in [-0.05, 0) is 55.0 Å². The number of carbonyl (C=O) groups excluding carboxylic acids is 3. The van der Waals surface area contributed by atoms with Crippen LogP contribution >= 0.6 is 23.2 Å². The molecule has 0 aromatic heterocycles. The summed E-state index contributed by atoms with van der Waals surface area (Å²) in [5, 5.41) is 0.627. The van der Waals surface area contributed by atoms with Crippen molar-refractivity contribution >= 4 is 40.8 Å². The van der Waals surface area contributed by atoms with E-state index >= 15 is 0 Å². The van der Waals surface area contributed by atoms with Crippen molar-refractivity contribution in [1.29, 1.82) is 0 Å². The van der Waals surface area contributed by atoms with Crippen LogP contribution in [0.3, 0.4) is 0 Å². The van der Waals surface area contributed by atoms with Crippen molar-refractivity contribution in [2.75, 3.05) is 27.2 Å². The molecule has 0 aliphatic carbocycles. The van der Waals surface area contributed by atoms with Crippen molar-refractivity contribution in [3.8, 4) is 5.75 Å². The molecule has 0 radical (unpaired) electrons. The van der Waals surface area contributed by atoms with Gasteiger partial charge in [-0.1, -0.05) is 41.4 Å². The van der Waals surface area contributed by atoms with Gasteiger partial charge >= 0.3 is 6.18 Å². The zero-order chi connectivity index (χ0) is 29.4. The van der Waals surface area contributed by atoms with E-state index in [-0.39, 0.29) is 30.3 Å². The van der Waals surface area contributed by atoms with Gasteiger partial charge in [-0.3, -0.25) is 14.4 Å². The summed E-state index contributed by atoms with van der Waals surface area (Å²) >= 11 is 12.4. The van der Waals surface area contributed by atoms with E-state index < -0.39 is 35.4 Å². The second-order valence-electron chi connectivity index (χ2n) is 9.52. The topological polar surface area (TPSA) is 66.9 Å². The van der Waals surface area contributed by atoms with Crippen LogP contribution in [-0.4, -0.2) is 60.7 Å². The Labute approximate surface area is 239 Å². The molecule has 1 aliphatic heterocycles. The van der Waals surface area contributed by atoms with Gasteiger partial charge in [-0.15, -0.1) is 0 Å². The number of rotatable bonds is 6. The fourth-order valence-corrected chi connectivity index (χ4v) is 5.17. The van der Waals surface area contributed by atoms with Crippen LogP contribution in [0.2, 0.25) is 10.0 Å². The van der Waals surface area contributed by atoms with Gasteiger partial charge in [0.1, 0.15) is 5.75 Å². The Bertz CT molecular complexity index is 1460. The number of halogens is 5. The molecule has 2 amide bonds. The molecule has 40 heavy (non-hydrogen) atoms. The van der Waals surface area contributed by atoms with Crippen molar-refractivity contribution in [3.63, 3.8) is 0 Å². The highest BCUT2D eigenvalue weighted by atomic mass is 35.5. The van der Waals surface area contributed by atoms with Crippen molar-refractivity contribution < 1.29 is 32.3 Å². The molecule has 0 saturated carbocycles. The first-order chi connectivity index (χ1) is 18.8. The van der Waals surface area contributed by atoms with E-state index in [4.69, 9.17) is 27.9 Å². The summed E-state index contributed by atoms with van der Waals surface area (Å²) in [6.45, 7) is 1.75. The Hall–Kier alpha value is -3.56. The fourth-order valence-electron chi connectivity index (χ4n) is 4.86. The predicted molar refractivity (Wildman–Crippen MR) is 145 cm³/mol. The molecule has 11 heteroatoms. The van der Waals surface area contributed by atoms with Crippen LogP contribution in [0.5, 0.6) is 5.75 Å². The van der Waals surface area contributed by atoms with Crippen molar-refractivity contribution in [2.45, 2.75) is 25.1 Å². The number of benzene rings is 3. The number of hydrogen-bond acceptors (Lipinski definition) is 4. The molecule has 0 N–H and O–H groups in total. The highest BCUT2D eigenvalue weighted by Crippen LogP contribution is 2.38. The number of ketones is 1. The first-order valence-electron chi connectivity index (χ1n) is 12.2. The zero-order valence-electron chi connectivity index (χ0n) is 21.8. The van der Waals surface area contributed by atoms with Crippen LogP contribution in [0.4, 0.5) is 13.2 Å². The van der Waals surface area contributed by atoms with Gasteiger partial charge in [0, 0.05) is 42.7 Å². The average molecular weight is 593 g/mol. The van der Waals surface area contributed by atoms with Crippen molar-refractivity contribution in [1.82, 2.24) is 9.80 Å². The Morgan fingerprint density at radius 2 is 1.52 bits per heavy atom. The van der Waals surface area contributed by atoms with Gasteiger partial charge in [0.05, 0.1) is 28.8 Å². The van der Waals surface area contributed by atoms with E-state index in [2.05, 4.69) is 0 Å². The Morgan fingerprint density at radius 3 is 2.10 bits per heavy atom. The molecule has 1 heterocycles. The van der Waals surface area contributed by atoms with E-state index in [0.29, 0.717) is 26.7 Å². The lowest BCUT2D eigenvalue weighted by atomic mass is 9.93. The SMILES string of the molecule is COc1ccc(C(=O)N(C)[C@@H]2CN(C(=O)c3ccc(C(C)=O)cc3)C[C@H]2c2ccc(Cl)c(Cl)c2)cc1C(F)(F)F. The quantitative estimate of drug-likeness (QED) is 0.302. The highest BCUT2D eigenvalue weighted by Gasteiger charge is 2.41. The summed E-state index contributed by atoms with van der Waals surface area (Å²) in [7, 11) is 2.61. The van der Waals surface area contributed by atoms with Crippen LogP contribution < -0.4 is 4.74 Å². The summed E-state index contributed by atoms with van der Waals surface area (Å²) in [5.74, 6) is -1.90. The number of Topliss-reactive ketones (excluding diaryl/α,β-unsaturated/α-hetero) is 1.